The summed E-state index contributed by atoms with van der Waals surface area (Å²) < 4.78 is 5.31. The fourth-order valence-electron chi connectivity index (χ4n) is 4.82. The van der Waals surface area contributed by atoms with Crippen LogP contribution in [-0.4, -0.2) is 55.8 Å². The van der Waals surface area contributed by atoms with Crippen molar-refractivity contribution in [2.75, 3.05) is 44.5 Å². The van der Waals surface area contributed by atoms with Gasteiger partial charge < -0.3 is 26.4 Å². The molecule has 0 bridgehead atoms. The molecule has 9 heteroatoms. The van der Waals surface area contributed by atoms with E-state index >= 15 is 0 Å². The summed E-state index contributed by atoms with van der Waals surface area (Å²) in [5.74, 6) is 1.53. The quantitative estimate of drug-likeness (QED) is 0.453. The van der Waals surface area contributed by atoms with E-state index in [0.717, 1.165) is 72.8 Å². The van der Waals surface area contributed by atoms with Crippen molar-refractivity contribution in [3.63, 3.8) is 0 Å². The molecule has 8 nitrogen and oxygen atoms in total. The Morgan fingerprint density at radius 2 is 1.95 bits per heavy atom. The number of amides is 1. The Hall–Kier alpha value is -2.75. The van der Waals surface area contributed by atoms with Crippen LogP contribution in [0.4, 0.5) is 11.5 Å². The average Bonchev–Trinajstić information content (AvgIpc) is 3.50. The second-order valence-electron chi connectivity index (χ2n) is 9.60. The number of aryl methyl sites for hydroxylation is 2. The van der Waals surface area contributed by atoms with Gasteiger partial charge in [0.15, 0.2) is 0 Å². The van der Waals surface area contributed by atoms with Crippen LogP contribution in [0.3, 0.4) is 0 Å². The molecule has 202 valence electrons. The van der Waals surface area contributed by atoms with E-state index in [2.05, 4.69) is 46.9 Å². The van der Waals surface area contributed by atoms with Crippen molar-refractivity contribution >= 4 is 39.0 Å². The van der Waals surface area contributed by atoms with Crippen molar-refractivity contribution in [2.45, 2.75) is 58.9 Å². The molecular weight excluding hydrogens is 484 g/mol. The van der Waals surface area contributed by atoms with Crippen molar-refractivity contribution in [1.82, 2.24) is 15.3 Å². The molecule has 37 heavy (non-hydrogen) atoms. The zero-order chi connectivity index (χ0) is 26.9. The smallest absolute Gasteiger partial charge is 0.263 e. The second kappa shape index (κ2) is 13.7. The van der Waals surface area contributed by atoms with Crippen LogP contribution in [0.15, 0.2) is 24.3 Å². The summed E-state index contributed by atoms with van der Waals surface area (Å²) >= 11 is 1.37. The Morgan fingerprint density at radius 1 is 1.19 bits per heavy atom. The molecule has 4 heterocycles. The molecular formula is C28H42N6O2S. The molecule has 0 spiro atoms. The largest absolute Gasteiger partial charge is 0.397 e. The van der Waals surface area contributed by atoms with Crippen LogP contribution in [0, 0.1) is 12.8 Å². The summed E-state index contributed by atoms with van der Waals surface area (Å²) in [7, 11) is 3.27. The first-order chi connectivity index (χ1) is 17.9. The van der Waals surface area contributed by atoms with Gasteiger partial charge in [-0.15, -0.1) is 11.3 Å². The number of rotatable bonds is 5. The van der Waals surface area contributed by atoms with Crippen molar-refractivity contribution in [3.05, 3.63) is 46.1 Å². The van der Waals surface area contributed by atoms with Crippen molar-refractivity contribution < 1.29 is 9.53 Å². The zero-order valence-electron chi connectivity index (χ0n) is 22.8. The highest BCUT2D eigenvalue weighted by atomic mass is 32.1. The topological polar surface area (TPSA) is 119 Å². The van der Waals surface area contributed by atoms with E-state index in [0.29, 0.717) is 16.5 Å². The Kier molecular flexibility index (Phi) is 10.7. The molecule has 5 rings (SSSR count). The predicted molar refractivity (Wildman–Crippen MR) is 155 cm³/mol. The van der Waals surface area contributed by atoms with Gasteiger partial charge in [-0.2, -0.15) is 0 Å². The number of methoxy groups -OCH3 is 1. The van der Waals surface area contributed by atoms with Crippen LogP contribution in [0.1, 0.15) is 59.7 Å². The van der Waals surface area contributed by atoms with Gasteiger partial charge in [-0.1, -0.05) is 26.3 Å². The van der Waals surface area contributed by atoms with Gasteiger partial charge in [0, 0.05) is 48.9 Å². The summed E-state index contributed by atoms with van der Waals surface area (Å²) in [6.07, 6.45) is 4.94. The van der Waals surface area contributed by atoms with Crippen LogP contribution < -0.4 is 21.7 Å². The Bertz CT molecular complexity index is 1180. The van der Waals surface area contributed by atoms with Gasteiger partial charge in [0.1, 0.15) is 15.5 Å². The van der Waals surface area contributed by atoms with Gasteiger partial charge in [-0.3, -0.25) is 4.79 Å². The number of carbonyl (C=O) groups excluding carboxylic acids is 1. The number of hydrogen-bond donors (Lipinski definition) is 3. The van der Waals surface area contributed by atoms with Crippen LogP contribution in [0.25, 0.3) is 10.2 Å². The fourth-order valence-corrected chi connectivity index (χ4v) is 5.86. The van der Waals surface area contributed by atoms with E-state index in [1.54, 1.807) is 7.11 Å². The molecule has 0 aromatic carbocycles. The lowest BCUT2D eigenvalue weighted by atomic mass is 9.91. The molecule has 3 aromatic heterocycles. The van der Waals surface area contributed by atoms with Crippen LogP contribution in [0.5, 0.6) is 0 Å². The number of pyridine rings is 2. The standard InChI is InChI=1S/C24H29N5O2S.C3H8.CH5N/c1-14-3-6-18-21(25)22(32-24(18)26-14)23(30)27-17-5-7-19-16(11-17)4-8-20(28-19)29-10-9-15(12-29)13-31-2;1-3-2;1-2/h3-4,6,8,15,17H,5,7,9-13,25H2,1-2H3,(H,27,30);3H2,1-2H3;2H2,1H3. The lowest BCUT2D eigenvalue weighted by Gasteiger charge is -2.26. The van der Waals surface area contributed by atoms with Crippen LogP contribution in [0.2, 0.25) is 0 Å². The minimum Gasteiger partial charge on any atom is -0.397 e. The first-order valence-electron chi connectivity index (χ1n) is 13.2. The highest BCUT2D eigenvalue weighted by Crippen LogP contribution is 2.33. The third-order valence-corrected chi connectivity index (χ3v) is 7.65. The summed E-state index contributed by atoms with van der Waals surface area (Å²) in [6.45, 7) is 9.03. The Balaban J connectivity index is 0.000000711. The number of carbonyl (C=O) groups is 1. The maximum absolute atomic E-state index is 13.0. The molecule has 2 unspecified atom stereocenters. The number of hydrogen-bond acceptors (Lipinski definition) is 8. The summed E-state index contributed by atoms with van der Waals surface area (Å²) in [5, 5.41) is 4.05. The molecule has 3 aromatic rings. The summed E-state index contributed by atoms with van der Waals surface area (Å²) in [5.41, 5.74) is 14.6. The number of nitrogen functional groups attached to an aromatic ring is 1. The lowest BCUT2D eigenvalue weighted by Crippen LogP contribution is -2.39. The van der Waals surface area contributed by atoms with E-state index in [1.807, 2.05) is 19.1 Å². The minimum absolute atomic E-state index is 0.0832. The first kappa shape index (κ1) is 28.8. The van der Waals surface area contributed by atoms with Crippen LogP contribution in [-0.2, 0) is 17.6 Å². The minimum atomic E-state index is -0.109. The van der Waals surface area contributed by atoms with Gasteiger partial charge in [-0.25, -0.2) is 9.97 Å². The number of ether oxygens (including phenoxy) is 1. The number of nitrogens with two attached hydrogens (primary N) is 2. The van der Waals surface area contributed by atoms with E-state index < -0.39 is 0 Å². The molecule has 1 fully saturated rings. The predicted octanol–water partition coefficient (Wildman–Crippen LogP) is 4.33. The van der Waals surface area contributed by atoms with Crippen molar-refractivity contribution in [2.24, 2.45) is 11.7 Å². The maximum atomic E-state index is 13.0. The Labute approximate surface area is 224 Å². The molecule has 1 saturated heterocycles. The maximum Gasteiger partial charge on any atom is 0.263 e. The normalized spacial score (nSPS) is 18.4. The van der Waals surface area contributed by atoms with E-state index in [1.165, 1.54) is 30.4 Å². The molecule has 1 amide bonds. The third kappa shape index (κ3) is 6.97. The average molecular weight is 527 g/mol. The highest BCUT2D eigenvalue weighted by Gasteiger charge is 2.27. The first-order valence-corrected chi connectivity index (χ1v) is 14.0. The molecule has 2 aliphatic rings. The number of aromatic nitrogens is 2. The number of thiophene rings is 1. The van der Waals surface area contributed by atoms with Crippen LogP contribution >= 0.6 is 11.3 Å². The zero-order valence-corrected chi connectivity index (χ0v) is 23.7. The lowest BCUT2D eigenvalue weighted by molar-refractivity contribution is 0.0938. The monoisotopic (exact) mass is 526 g/mol. The highest BCUT2D eigenvalue weighted by molar-refractivity contribution is 7.21. The SMILES string of the molecule is CCC.CN.COCC1CCN(c2ccc3c(n2)CCC(NC(=O)c2sc4nc(C)ccc4c2N)C3)C1. The van der Waals surface area contributed by atoms with E-state index in [9.17, 15) is 4.79 Å². The molecule has 1 aliphatic carbocycles. The van der Waals surface area contributed by atoms with Gasteiger partial charge in [-0.05, 0) is 63.4 Å². The van der Waals surface area contributed by atoms with Gasteiger partial charge in [0.05, 0.1) is 12.3 Å². The van der Waals surface area contributed by atoms with E-state index in [-0.39, 0.29) is 11.9 Å². The molecule has 1 aliphatic heterocycles. The summed E-state index contributed by atoms with van der Waals surface area (Å²) in [4.78, 5) is 26.2. The number of fused-ring (bicyclic) bond motifs is 2. The van der Waals surface area contributed by atoms with Gasteiger partial charge in [0.25, 0.3) is 5.91 Å². The third-order valence-electron chi connectivity index (χ3n) is 6.54. The second-order valence-corrected chi connectivity index (χ2v) is 10.6. The molecule has 0 radical (unpaired) electrons. The molecule has 0 saturated carbocycles. The van der Waals surface area contributed by atoms with E-state index in [4.69, 9.17) is 15.5 Å². The van der Waals surface area contributed by atoms with Gasteiger partial charge in [0.2, 0.25) is 0 Å². The molecule has 2 atom stereocenters. The fraction of sp³-hybridized carbons (Fsp3) is 0.536. The number of nitrogens with one attached hydrogen (secondary N) is 1. The number of nitrogens with zero attached hydrogens (tertiary/aromatic N) is 3. The van der Waals surface area contributed by atoms with Gasteiger partial charge >= 0.3 is 0 Å². The molecule has 5 N–H and O–H groups in total. The summed E-state index contributed by atoms with van der Waals surface area (Å²) in [6, 6.07) is 8.25. The number of anilines is 2. The Morgan fingerprint density at radius 3 is 2.68 bits per heavy atom. The van der Waals surface area contributed by atoms with Crippen molar-refractivity contribution in [3.8, 4) is 0 Å². The van der Waals surface area contributed by atoms with Crippen molar-refractivity contribution in [1.29, 1.82) is 0 Å².